The van der Waals surface area contributed by atoms with Crippen molar-refractivity contribution < 1.29 is 29.9 Å². The zero-order valence-corrected chi connectivity index (χ0v) is 45.3. The van der Waals surface area contributed by atoms with Gasteiger partial charge in [0.2, 0.25) is 0 Å². The van der Waals surface area contributed by atoms with Crippen LogP contribution >= 0.6 is 0 Å². The molecule has 0 saturated heterocycles. The number of fused-ring (bicyclic) bond motifs is 4. The van der Waals surface area contributed by atoms with Crippen molar-refractivity contribution >= 4 is 44.6 Å². The molecule has 1 aliphatic rings. The quantitative estimate of drug-likeness (QED) is 0.149. The summed E-state index contributed by atoms with van der Waals surface area (Å²) in [6.45, 7) is 26.5. The first kappa shape index (κ1) is 45.7. The normalized spacial score (nSPS) is 14.0. The van der Waals surface area contributed by atoms with Crippen molar-refractivity contribution in [1.82, 2.24) is 9.55 Å². The number of hydrogen-bond acceptors (Lipinski definition) is 4. The van der Waals surface area contributed by atoms with E-state index in [4.69, 9.17) is 13.8 Å². The van der Waals surface area contributed by atoms with Gasteiger partial charge in [-0.05, 0) is 92.2 Å². The fourth-order valence-corrected chi connectivity index (χ4v) is 9.58. The Kier molecular flexibility index (Phi) is 11.8. The molecule has 3 heterocycles. The number of para-hydroxylation sites is 2. The van der Waals surface area contributed by atoms with E-state index in [0.29, 0.717) is 22.9 Å². The van der Waals surface area contributed by atoms with E-state index in [1.165, 1.54) is 11.1 Å². The van der Waals surface area contributed by atoms with Crippen molar-refractivity contribution in [2.45, 2.75) is 112 Å². The Hall–Kier alpha value is -6.42. The summed E-state index contributed by atoms with van der Waals surface area (Å²) in [5.74, 6) is 1.57. The third kappa shape index (κ3) is 9.47. The van der Waals surface area contributed by atoms with Crippen molar-refractivity contribution in [1.29, 1.82) is 0 Å². The Labute approximate surface area is 441 Å². The molecular weight excluding hydrogens is 1050 g/mol. The van der Waals surface area contributed by atoms with Crippen LogP contribution in [-0.4, -0.2) is 9.55 Å². The summed E-state index contributed by atoms with van der Waals surface area (Å²) in [6, 6.07) is 57.9. The van der Waals surface area contributed by atoms with Crippen LogP contribution in [-0.2, 0) is 42.7 Å². The smallest absolute Gasteiger partial charge is 0.135 e. The van der Waals surface area contributed by atoms with Crippen LogP contribution in [0, 0.1) is 25.7 Å². The number of aryl methyl sites for hydroxylation is 1. The van der Waals surface area contributed by atoms with E-state index in [0.717, 1.165) is 72.4 Å². The van der Waals surface area contributed by atoms with E-state index >= 15 is 0 Å². The summed E-state index contributed by atoms with van der Waals surface area (Å²) in [5.41, 5.74) is 13.6. The molecule has 0 unspecified atom stereocenters. The summed E-state index contributed by atoms with van der Waals surface area (Å²) in [5, 5.41) is 1.94. The van der Waals surface area contributed by atoms with Crippen LogP contribution in [0.5, 0.6) is 11.5 Å². The van der Waals surface area contributed by atoms with Gasteiger partial charge in [-0.25, -0.2) is 4.98 Å². The van der Waals surface area contributed by atoms with E-state index in [-0.39, 0.29) is 48.3 Å². The SMILES string of the molecule is [2H]C([2H])([2H])c1cc(-n2c3[c-]c(Oc4[c-]c(N5[CH-]N(c6cc(C(C)(C)C)cc(C(C)(C)C)c6)c6c(-c7ccccc7)cccc65)ccc4C(C)(C)C)ccc3c3ccccc32)ncc1-c1cccc(C(C)(C)C)c1.[Pt]. The second kappa shape index (κ2) is 18.3. The first-order chi connectivity index (χ1) is 34.3. The Morgan fingerprint density at radius 1 is 0.563 bits per heavy atom. The van der Waals surface area contributed by atoms with Crippen molar-refractivity contribution in [3.8, 4) is 39.6 Å². The van der Waals surface area contributed by atoms with Crippen molar-refractivity contribution in [3.05, 3.63) is 198 Å². The van der Waals surface area contributed by atoms with E-state index in [1.807, 2.05) is 41.0 Å². The maximum absolute atomic E-state index is 8.76. The number of anilines is 4. The molecule has 0 atom stereocenters. The van der Waals surface area contributed by atoms with Gasteiger partial charge >= 0.3 is 0 Å². The minimum Gasteiger partial charge on any atom is -0.509 e. The first-order valence-corrected chi connectivity index (χ1v) is 24.4. The van der Waals surface area contributed by atoms with E-state index in [2.05, 4.69) is 215 Å². The van der Waals surface area contributed by atoms with Crippen molar-refractivity contribution in [2.75, 3.05) is 9.80 Å². The molecule has 0 aliphatic carbocycles. The minimum absolute atomic E-state index is 0. The Morgan fingerprint density at radius 3 is 1.93 bits per heavy atom. The summed E-state index contributed by atoms with van der Waals surface area (Å²) >= 11 is 0. The van der Waals surface area contributed by atoms with Gasteiger partial charge in [0.25, 0.3) is 0 Å². The average Bonchev–Trinajstić information content (AvgIpc) is 3.89. The molecule has 0 spiro atoms. The fraction of sp³-hybridized carbons (Fsp3) is 0.262. The second-order valence-electron chi connectivity index (χ2n) is 23.0. The number of hydrogen-bond donors (Lipinski definition) is 0. The molecular formula is C65H65N4OPt-3. The third-order valence-corrected chi connectivity index (χ3v) is 13.6. The maximum atomic E-state index is 8.76. The van der Waals surface area contributed by atoms with Gasteiger partial charge in [0.05, 0.1) is 0 Å². The van der Waals surface area contributed by atoms with E-state index in [9.17, 15) is 0 Å². The summed E-state index contributed by atoms with van der Waals surface area (Å²) in [7, 11) is 0. The molecule has 1 aliphatic heterocycles. The van der Waals surface area contributed by atoms with Gasteiger partial charge < -0.3 is 19.1 Å². The van der Waals surface area contributed by atoms with Crippen molar-refractivity contribution in [3.63, 3.8) is 0 Å². The van der Waals surface area contributed by atoms with E-state index < -0.39 is 6.85 Å². The molecule has 0 fully saturated rings. The van der Waals surface area contributed by atoms with E-state index in [1.54, 1.807) is 12.3 Å². The third-order valence-electron chi connectivity index (χ3n) is 13.6. The number of benzene rings is 7. The number of aromatic nitrogens is 2. The number of rotatable bonds is 7. The summed E-state index contributed by atoms with van der Waals surface area (Å²) < 4.78 is 35.3. The van der Waals surface area contributed by atoms with Crippen LogP contribution in [0.1, 0.15) is 115 Å². The fourth-order valence-electron chi connectivity index (χ4n) is 9.58. The van der Waals surface area contributed by atoms with Gasteiger partial charge in [-0.3, -0.25) is 0 Å². The molecule has 0 N–H and O–H groups in total. The molecule has 0 bridgehead atoms. The molecule has 5 nitrogen and oxygen atoms in total. The van der Waals surface area contributed by atoms with Gasteiger partial charge in [0.15, 0.2) is 0 Å². The van der Waals surface area contributed by atoms with Gasteiger partial charge in [0, 0.05) is 76.6 Å². The topological polar surface area (TPSA) is 33.5 Å². The maximum Gasteiger partial charge on any atom is 0.135 e. The van der Waals surface area contributed by atoms with Crippen LogP contribution in [0.3, 0.4) is 0 Å². The predicted molar refractivity (Wildman–Crippen MR) is 295 cm³/mol. The van der Waals surface area contributed by atoms with Crippen LogP contribution in [0.4, 0.5) is 22.7 Å². The molecule has 0 radical (unpaired) electrons. The number of nitrogens with zero attached hydrogens (tertiary/aromatic N) is 4. The molecule has 10 rings (SSSR count). The van der Waals surface area contributed by atoms with Gasteiger partial charge in [-0.15, -0.1) is 47.6 Å². The van der Waals surface area contributed by atoms with Crippen LogP contribution in [0.25, 0.3) is 49.9 Å². The molecule has 0 amide bonds. The molecule has 364 valence electrons. The average molecular weight is 1120 g/mol. The summed E-state index contributed by atoms with van der Waals surface area (Å²) in [6.07, 6.45) is 1.71. The zero-order chi connectivity index (χ0) is 52.0. The van der Waals surface area contributed by atoms with Gasteiger partial charge in [-0.1, -0.05) is 185 Å². The Balaban J connectivity index is 0.00000672. The molecule has 0 saturated carbocycles. The van der Waals surface area contributed by atoms with Gasteiger partial charge in [-0.2, -0.15) is 12.1 Å². The second-order valence-corrected chi connectivity index (χ2v) is 23.0. The first-order valence-electron chi connectivity index (χ1n) is 25.9. The monoisotopic (exact) mass is 1120 g/mol. The molecule has 6 heteroatoms. The van der Waals surface area contributed by atoms with Crippen molar-refractivity contribution in [2.24, 2.45) is 0 Å². The molecule has 2 aromatic heterocycles. The van der Waals surface area contributed by atoms with Crippen LogP contribution < -0.4 is 14.5 Å². The van der Waals surface area contributed by atoms with Gasteiger partial charge in [0.1, 0.15) is 5.82 Å². The zero-order valence-electron chi connectivity index (χ0n) is 46.0. The molecule has 9 aromatic rings. The largest absolute Gasteiger partial charge is 0.509 e. The summed E-state index contributed by atoms with van der Waals surface area (Å²) in [4.78, 5) is 9.59. The Morgan fingerprint density at radius 2 is 1.24 bits per heavy atom. The molecule has 71 heavy (non-hydrogen) atoms. The number of pyridine rings is 1. The minimum atomic E-state index is -2.41. The molecule has 7 aromatic carbocycles. The number of ether oxygens (including phenoxy) is 1. The van der Waals surface area contributed by atoms with Crippen LogP contribution in [0.2, 0.25) is 0 Å². The predicted octanol–water partition coefficient (Wildman–Crippen LogP) is 17.8. The standard InChI is InChI=1S/C65H65N4O.Pt/c1-42-33-60(66-40-54(42)44-23-19-24-45(34-44)62(2,3)4)69-56-27-18-17-25-52(56)53-31-30-50(39-58(53)69)70-59-38-48(29-32-55(59)65(11,12)13)67-41-68(49-36-46(63(5,6)7)35-47(37-49)64(8,9)10)61-51(26-20-28-57(61)67)43-21-15-14-16-22-43;/h14-37,40-41H,1-13H3;/q-3;/i1D3;. The van der Waals surface area contributed by atoms with Crippen LogP contribution in [0.15, 0.2) is 152 Å². The Bertz CT molecular complexity index is 3540.